The number of phenols is 1. The summed E-state index contributed by atoms with van der Waals surface area (Å²) in [6.07, 6.45) is 6.57. The Morgan fingerprint density at radius 2 is 2.03 bits per heavy atom. The molecule has 3 aliphatic rings. The minimum absolute atomic E-state index is 0.0609. The Hall–Kier alpha value is -3.40. The number of hydrogen-bond donors (Lipinski definition) is 2. The number of anilines is 1. The van der Waals surface area contributed by atoms with E-state index >= 15 is 4.39 Å². The lowest BCUT2D eigenvalue weighted by Crippen LogP contribution is -2.57. The zero-order valence-corrected chi connectivity index (χ0v) is 18.3. The number of hydrogen-bond acceptors (Lipinski definition) is 9. The first-order chi connectivity index (χ1) is 17.7. The van der Waals surface area contributed by atoms with Crippen LogP contribution in [0.4, 0.5) is 10.3 Å². The van der Waals surface area contributed by atoms with Crippen LogP contribution < -0.4 is 15.0 Å². The number of rotatable bonds is 6. The van der Waals surface area contributed by atoms with Crippen molar-refractivity contribution in [3.63, 3.8) is 0 Å². The first-order valence-electron chi connectivity index (χ1n) is 13.0. The van der Waals surface area contributed by atoms with Gasteiger partial charge in [0.1, 0.15) is 17.6 Å². The van der Waals surface area contributed by atoms with Crippen LogP contribution in [0.5, 0.6) is 11.6 Å². The standard InChI is InChI=1S/C24H26FN7O2/c1-34-22-9-14(11-27-30-22)13-2-6-17(21(33)8-13)19-12-26-24(31-29-19)32(16-4-5-16)20-10-15-3-7-18(28-15)23(20)25/h2,6,8-9,11-12,15-16,18,20,23,28,33H,3-5,7,10H2,1H3/t15-,18-,20+,23-/m0/s1/i1D3. The maximum atomic E-state index is 15.3. The van der Waals surface area contributed by atoms with Crippen LogP contribution in [-0.4, -0.2) is 67.9 Å². The third kappa shape index (κ3) is 3.81. The molecule has 0 radical (unpaired) electrons. The molecule has 0 amide bonds. The van der Waals surface area contributed by atoms with Crippen molar-refractivity contribution in [2.24, 2.45) is 0 Å². The van der Waals surface area contributed by atoms with Gasteiger partial charge in [-0.25, -0.2) is 9.37 Å². The van der Waals surface area contributed by atoms with E-state index in [1.165, 1.54) is 18.3 Å². The highest BCUT2D eigenvalue weighted by Crippen LogP contribution is 2.40. The van der Waals surface area contributed by atoms with Crippen molar-refractivity contribution in [2.75, 3.05) is 11.9 Å². The van der Waals surface area contributed by atoms with E-state index in [1.807, 2.05) is 4.90 Å². The van der Waals surface area contributed by atoms with E-state index in [1.54, 1.807) is 18.3 Å². The van der Waals surface area contributed by atoms with Gasteiger partial charge in [0.15, 0.2) is 0 Å². The van der Waals surface area contributed by atoms with Crippen LogP contribution >= 0.6 is 0 Å². The quantitative estimate of drug-likeness (QED) is 0.567. The number of piperidine rings is 1. The van der Waals surface area contributed by atoms with E-state index in [4.69, 9.17) is 8.85 Å². The van der Waals surface area contributed by atoms with Crippen molar-refractivity contribution >= 4 is 5.95 Å². The summed E-state index contributed by atoms with van der Waals surface area (Å²) in [4.78, 5) is 6.55. The maximum absolute atomic E-state index is 15.3. The topological polar surface area (TPSA) is 109 Å². The summed E-state index contributed by atoms with van der Waals surface area (Å²) in [6, 6.07) is 6.53. The van der Waals surface area contributed by atoms with Crippen LogP contribution in [0.2, 0.25) is 0 Å². The number of aromatic hydroxyl groups is 1. The fourth-order valence-corrected chi connectivity index (χ4v) is 5.17. The van der Waals surface area contributed by atoms with Gasteiger partial charge in [-0.1, -0.05) is 6.07 Å². The Balaban J connectivity index is 1.23. The lowest BCUT2D eigenvalue weighted by atomic mass is 9.96. The zero-order valence-electron chi connectivity index (χ0n) is 21.3. The minimum atomic E-state index is -2.65. The first-order valence-corrected chi connectivity index (χ1v) is 11.5. The van der Waals surface area contributed by atoms with Crippen LogP contribution in [-0.2, 0) is 0 Å². The molecule has 6 rings (SSSR count). The fraction of sp³-hybridized carbons (Fsp3) is 0.458. The van der Waals surface area contributed by atoms with Gasteiger partial charge in [-0.3, -0.25) is 0 Å². The molecular weight excluding hydrogens is 437 g/mol. The molecule has 2 aliphatic heterocycles. The second-order valence-corrected chi connectivity index (χ2v) is 9.19. The van der Waals surface area contributed by atoms with Crippen molar-refractivity contribution in [3.8, 4) is 34.0 Å². The molecule has 4 heterocycles. The molecule has 0 spiro atoms. The van der Waals surface area contributed by atoms with Gasteiger partial charge in [0, 0.05) is 35.3 Å². The molecular formula is C24H26FN7O2. The predicted molar refractivity (Wildman–Crippen MR) is 123 cm³/mol. The summed E-state index contributed by atoms with van der Waals surface area (Å²) >= 11 is 0. The molecule has 3 fully saturated rings. The summed E-state index contributed by atoms with van der Waals surface area (Å²) in [5.41, 5.74) is 1.91. The van der Waals surface area contributed by atoms with Crippen molar-refractivity contribution in [3.05, 3.63) is 36.7 Å². The average Bonchev–Trinajstić information content (AvgIpc) is 3.61. The van der Waals surface area contributed by atoms with Gasteiger partial charge in [0.25, 0.3) is 0 Å². The number of methoxy groups -OCH3 is 1. The molecule has 1 aromatic carbocycles. The Bertz CT molecular complexity index is 1290. The van der Waals surface area contributed by atoms with Crippen LogP contribution in [0.15, 0.2) is 36.7 Å². The predicted octanol–water partition coefficient (Wildman–Crippen LogP) is 2.91. The summed E-state index contributed by atoms with van der Waals surface area (Å²) in [7, 11) is -2.65. The summed E-state index contributed by atoms with van der Waals surface area (Å²) < 4.78 is 41.8. The number of fused-ring (bicyclic) bond motifs is 2. The van der Waals surface area contributed by atoms with E-state index < -0.39 is 13.2 Å². The van der Waals surface area contributed by atoms with Crippen LogP contribution in [0.3, 0.4) is 0 Å². The first kappa shape index (κ1) is 18.0. The second kappa shape index (κ2) is 8.43. The Morgan fingerprint density at radius 1 is 1.12 bits per heavy atom. The van der Waals surface area contributed by atoms with E-state index in [0.717, 1.165) is 32.1 Å². The van der Waals surface area contributed by atoms with Crippen molar-refractivity contribution < 1.29 is 18.3 Å². The molecule has 176 valence electrons. The third-order valence-electron chi connectivity index (χ3n) is 6.98. The summed E-state index contributed by atoms with van der Waals surface area (Å²) in [6.45, 7) is 0. The van der Waals surface area contributed by atoms with Gasteiger partial charge in [-0.05, 0) is 49.8 Å². The summed E-state index contributed by atoms with van der Waals surface area (Å²) in [5, 5.41) is 30.2. The van der Waals surface area contributed by atoms with Crippen molar-refractivity contribution in [1.29, 1.82) is 0 Å². The number of ether oxygens (including phenoxy) is 1. The number of nitrogens with zero attached hydrogens (tertiary/aromatic N) is 6. The smallest absolute Gasteiger partial charge is 0.245 e. The highest BCUT2D eigenvalue weighted by Gasteiger charge is 2.48. The number of alkyl halides is 1. The lowest BCUT2D eigenvalue weighted by Gasteiger charge is -2.40. The normalized spacial score (nSPS) is 27.5. The Morgan fingerprint density at radius 3 is 2.79 bits per heavy atom. The molecule has 4 atom stereocenters. The lowest BCUT2D eigenvalue weighted by molar-refractivity contribution is 0.171. The number of phenolic OH excluding ortho intramolecular Hbond substituents is 1. The van der Waals surface area contributed by atoms with Gasteiger partial charge in [-0.15, -0.1) is 15.3 Å². The average molecular weight is 467 g/mol. The van der Waals surface area contributed by atoms with Gasteiger partial charge in [-0.2, -0.15) is 5.10 Å². The Labute approximate surface area is 200 Å². The largest absolute Gasteiger partial charge is 0.507 e. The van der Waals surface area contributed by atoms with Crippen LogP contribution in [0.25, 0.3) is 22.4 Å². The molecule has 34 heavy (non-hydrogen) atoms. The minimum Gasteiger partial charge on any atom is -0.507 e. The molecule has 2 bridgehead atoms. The second-order valence-electron chi connectivity index (χ2n) is 9.19. The van der Waals surface area contributed by atoms with Gasteiger partial charge in [0.05, 0.1) is 29.6 Å². The molecule has 1 aliphatic carbocycles. The highest BCUT2D eigenvalue weighted by atomic mass is 19.1. The highest BCUT2D eigenvalue weighted by molar-refractivity contribution is 5.74. The van der Waals surface area contributed by atoms with Crippen LogP contribution in [0, 0.1) is 0 Å². The van der Waals surface area contributed by atoms with E-state index in [9.17, 15) is 5.11 Å². The van der Waals surface area contributed by atoms with Gasteiger partial charge < -0.3 is 20.1 Å². The van der Waals surface area contributed by atoms with Crippen LogP contribution in [0.1, 0.15) is 36.2 Å². The molecule has 2 saturated heterocycles. The van der Waals surface area contributed by atoms with Gasteiger partial charge >= 0.3 is 0 Å². The van der Waals surface area contributed by atoms with E-state index in [-0.39, 0.29) is 29.8 Å². The molecule has 1 saturated carbocycles. The number of nitrogens with one attached hydrogen (secondary N) is 1. The SMILES string of the molecule is [2H]C([2H])([2H])Oc1cc(-c2ccc(-c3cnc(N(C4CC4)[C@@H]4C[C@@H]5CC[C@H](N5)[C@@H]4F)nn3)c(O)c2)cnn1. The van der Waals surface area contributed by atoms with Gasteiger partial charge in [0.2, 0.25) is 11.8 Å². The fourth-order valence-electron chi connectivity index (χ4n) is 5.17. The number of benzene rings is 1. The monoisotopic (exact) mass is 466 g/mol. The van der Waals surface area contributed by atoms with Crippen molar-refractivity contribution in [1.82, 2.24) is 30.7 Å². The Kier molecular flexibility index (Phi) is 4.46. The molecule has 2 N–H and O–H groups in total. The number of aromatic nitrogens is 5. The maximum Gasteiger partial charge on any atom is 0.245 e. The molecule has 10 heteroatoms. The molecule has 3 aromatic rings. The molecule has 0 unspecified atom stereocenters. The van der Waals surface area contributed by atoms with E-state index in [2.05, 4.69) is 30.7 Å². The third-order valence-corrected chi connectivity index (χ3v) is 6.98. The molecule has 9 nitrogen and oxygen atoms in total. The zero-order chi connectivity index (χ0) is 25.7. The molecule has 2 aromatic heterocycles. The van der Waals surface area contributed by atoms with Crippen molar-refractivity contribution in [2.45, 2.75) is 62.4 Å². The van der Waals surface area contributed by atoms with E-state index in [0.29, 0.717) is 34.4 Å². The number of halogens is 1. The summed E-state index contributed by atoms with van der Waals surface area (Å²) in [5.74, 6) is 0.208.